The number of nitrogens with two attached hydrogens (primary N) is 1. The maximum atomic E-state index is 11.1. The van der Waals surface area contributed by atoms with Gasteiger partial charge in [0.1, 0.15) is 0 Å². The van der Waals surface area contributed by atoms with Gasteiger partial charge >= 0.3 is 0 Å². The van der Waals surface area contributed by atoms with Gasteiger partial charge in [-0.05, 0) is 19.1 Å². The lowest BCUT2D eigenvalue weighted by molar-refractivity contribution is -0.117. The topological polar surface area (TPSA) is 55.1 Å². The fraction of sp³-hybridized carbons (Fsp3) is 0.222. The lowest BCUT2D eigenvalue weighted by atomic mass is 10.3. The predicted octanol–water partition coefficient (Wildman–Crippen LogP) is 0.972. The summed E-state index contributed by atoms with van der Waals surface area (Å²) in [7, 11) is 0. The third-order valence-electron chi connectivity index (χ3n) is 1.45. The van der Waals surface area contributed by atoms with Gasteiger partial charge in [0.25, 0.3) is 0 Å². The van der Waals surface area contributed by atoms with Crippen LogP contribution in [0.1, 0.15) is 6.92 Å². The molecule has 0 saturated carbocycles. The van der Waals surface area contributed by atoms with Crippen molar-refractivity contribution in [3.63, 3.8) is 0 Å². The largest absolute Gasteiger partial charge is 0.325 e. The maximum absolute atomic E-state index is 11.1. The molecule has 0 fully saturated rings. The minimum Gasteiger partial charge on any atom is -0.325 e. The summed E-state index contributed by atoms with van der Waals surface area (Å²) in [6, 6.07) is 8.78. The van der Waals surface area contributed by atoms with Crippen LogP contribution >= 0.6 is 0 Å². The number of carbonyl (C=O) groups excluding carboxylic acids is 1. The standard InChI is InChI=1S/C9H12N2O/c1-7(10)9(12)11-8-5-3-2-4-6-8/h2-7H,10H2,1H3,(H,11,12)/t7-/m1/s1. The summed E-state index contributed by atoms with van der Waals surface area (Å²) < 4.78 is 0. The van der Waals surface area contributed by atoms with Crippen molar-refractivity contribution < 1.29 is 4.79 Å². The molecule has 64 valence electrons. The van der Waals surface area contributed by atoms with E-state index in [4.69, 9.17) is 5.73 Å². The summed E-state index contributed by atoms with van der Waals surface area (Å²) >= 11 is 0. The highest BCUT2D eigenvalue weighted by atomic mass is 16.2. The van der Waals surface area contributed by atoms with Crippen LogP contribution in [0.2, 0.25) is 0 Å². The van der Waals surface area contributed by atoms with Crippen LogP contribution in [0.25, 0.3) is 0 Å². The molecule has 12 heavy (non-hydrogen) atoms. The highest BCUT2D eigenvalue weighted by Gasteiger charge is 2.05. The van der Waals surface area contributed by atoms with Gasteiger partial charge in [-0.15, -0.1) is 0 Å². The Bertz CT molecular complexity index is 256. The molecule has 1 rings (SSSR count). The van der Waals surface area contributed by atoms with E-state index in [0.717, 1.165) is 5.69 Å². The molecule has 1 aromatic carbocycles. The number of nitrogens with one attached hydrogen (secondary N) is 1. The minimum atomic E-state index is -0.467. The second kappa shape index (κ2) is 3.88. The number of anilines is 1. The van der Waals surface area contributed by atoms with E-state index in [-0.39, 0.29) is 5.91 Å². The fourth-order valence-electron chi connectivity index (χ4n) is 0.778. The Hall–Kier alpha value is -1.35. The zero-order valence-electron chi connectivity index (χ0n) is 6.95. The summed E-state index contributed by atoms with van der Waals surface area (Å²) in [6.07, 6.45) is 0. The zero-order chi connectivity index (χ0) is 8.97. The Morgan fingerprint density at radius 3 is 2.50 bits per heavy atom. The Morgan fingerprint density at radius 2 is 2.00 bits per heavy atom. The summed E-state index contributed by atoms with van der Waals surface area (Å²) in [5.41, 5.74) is 6.15. The highest BCUT2D eigenvalue weighted by molar-refractivity contribution is 5.94. The van der Waals surface area contributed by atoms with Crippen LogP contribution in [-0.2, 0) is 4.79 Å². The Labute approximate surface area is 71.6 Å². The van der Waals surface area contributed by atoms with Crippen LogP contribution in [-0.4, -0.2) is 11.9 Å². The Morgan fingerprint density at radius 1 is 1.42 bits per heavy atom. The zero-order valence-corrected chi connectivity index (χ0v) is 6.95. The maximum Gasteiger partial charge on any atom is 0.240 e. The van der Waals surface area contributed by atoms with Crippen LogP contribution < -0.4 is 11.1 Å². The first kappa shape index (κ1) is 8.74. The van der Waals surface area contributed by atoms with E-state index in [0.29, 0.717) is 0 Å². The molecule has 0 aliphatic heterocycles. The van der Waals surface area contributed by atoms with E-state index < -0.39 is 6.04 Å². The molecule has 0 aromatic heterocycles. The molecule has 3 heteroatoms. The van der Waals surface area contributed by atoms with E-state index in [9.17, 15) is 4.79 Å². The molecule has 0 radical (unpaired) electrons. The quantitative estimate of drug-likeness (QED) is 0.684. The van der Waals surface area contributed by atoms with Crippen molar-refractivity contribution in [2.75, 3.05) is 5.32 Å². The molecule has 0 aliphatic rings. The molecule has 0 aliphatic carbocycles. The number of amides is 1. The van der Waals surface area contributed by atoms with Crippen molar-refractivity contribution in [2.45, 2.75) is 13.0 Å². The number of hydrogen-bond donors (Lipinski definition) is 2. The molecule has 1 aromatic rings. The molecule has 0 spiro atoms. The van der Waals surface area contributed by atoms with Crippen LogP contribution in [0.4, 0.5) is 5.69 Å². The predicted molar refractivity (Wildman–Crippen MR) is 48.7 cm³/mol. The molecular formula is C9H12N2O. The van der Waals surface area contributed by atoms with Gasteiger partial charge in [-0.1, -0.05) is 18.2 Å². The van der Waals surface area contributed by atoms with E-state index in [1.54, 1.807) is 6.92 Å². The normalized spacial score (nSPS) is 12.2. The van der Waals surface area contributed by atoms with Crippen molar-refractivity contribution in [2.24, 2.45) is 5.73 Å². The van der Waals surface area contributed by atoms with Crippen molar-refractivity contribution in [1.29, 1.82) is 0 Å². The number of para-hydroxylation sites is 1. The first-order valence-corrected chi connectivity index (χ1v) is 3.81. The van der Waals surface area contributed by atoms with E-state index in [2.05, 4.69) is 5.32 Å². The number of carbonyl (C=O) groups is 1. The van der Waals surface area contributed by atoms with Crippen LogP contribution in [0, 0.1) is 0 Å². The van der Waals surface area contributed by atoms with Gasteiger partial charge in [0.15, 0.2) is 0 Å². The third kappa shape index (κ3) is 2.36. The number of hydrogen-bond acceptors (Lipinski definition) is 2. The van der Waals surface area contributed by atoms with Gasteiger partial charge in [0, 0.05) is 5.69 Å². The number of rotatable bonds is 2. The van der Waals surface area contributed by atoms with Crippen LogP contribution in [0.15, 0.2) is 30.3 Å². The molecular weight excluding hydrogens is 152 g/mol. The summed E-state index contributed by atoms with van der Waals surface area (Å²) in [5, 5.41) is 2.68. The van der Waals surface area contributed by atoms with Gasteiger partial charge in [0.05, 0.1) is 6.04 Å². The van der Waals surface area contributed by atoms with Gasteiger partial charge in [0.2, 0.25) is 5.91 Å². The van der Waals surface area contributed by atoms with Crippen molar-refractivity contribution >= 4 is 11.6 Å². The van der Waals surface area contributed by atoms with Gasteiger partial charge in [-0.2, -0.15) is 0 Å². The molecule has 3 nitrogen and oxygen atoms in total. The minimum absolute atomic E-state index is 0.166. The highest BCUT2D eigenvalue weighted by Crippen LogP contribution is 2.04. The summed E-state index contributed by atoms with van der Waals surface area (Å²) in [5.74, 6) is -0.166. The SMILES string of the molecule is C[C@@H](N)C(=O)Nc1ccccc1. The Balaban J connectivity index is 2.59. The second-order valence-corrected chi connectivity index (χ2v) is 2.64. The van der Waals surface area contributed by atoms with E-state index in [1.165, 1.54) is 0 Å². The van der Waals surface area contributed by atoms with E-state index in [1.807, 2.05) is 30.3 Å². The van der Waals surface area contributed by atoms with Crippen LogP contribution in [0.5, 0.6) is 0 Å². The molecule has 0 bridgehead atoms. The van der Waals surface area contributed by atoms with Gasteiger partial charge < -0.3 is 11.1 Å². The van der Waals surface area contributed by atoms with Gasteiger partial charge in [-0.3, -0.25) is 4.79 Å². The summed E-state index contributed by atoms with van der Waals surface area (Å²) in [6.45, 7) is 1.65. The smallest absolute Gasteiger partial charge is 0.240 e. The van der Waals surface area contributed by atoms with Gasteiger partial charge in [-0.25, -0.2) is 0 Å². The van der Waals surface area contributed by atoms with E-state index >= 15 is 0 Å². The number of benzene rings is 1. The fourth-order valence-corrected chi connectivity index (χ4v) is 0.778. The molecule has 1 amide bonds. The lowest BCUT2D eigenvalue weighted by Crippen LogP contribution is -2.32. The molecule has 1 atom stereocenters. The van der Waals surface area contributed by atoms with Crippen molar-refractivity contribution in [1.82, 2.24) is 0 Å². The average molecular weight is 164 g/mol. The first-order chi connectivity index (χ1) is 5.70. The van der Waals surface area contributed by atoms with Crippen molar-refractivity contribution in [3.8, 4) is 0 Å². The third-order valence-corrected chi connectivity index (χ3v) is 1.45. The second-order valence-electron chi connectivity index (χ2n) is 2.64. The monoisotopic (exact) mass is 164 g/mol. The summed E-state index contributed by atoms with van der Waals surface area (Å²) in [4.78, 5) is 11.1. The molecule has 3 N–H and O–H groups in total. The molecule has 0 unspecified atom stereocenters. The van der Waals surface area contributed by atoms with Crippen LogP contribution in [0.3, 0.4) is 0 Å². The average Bonchev–Trinajstić information content (AvgIpc) is 2.06. The van der Waals surface area contributed by atoms with Crippen molar-refractivity contribution in [3.05, 3.63) is 30.3 Å². The molecule has 0 heterocycles. The lowest BCUT2D eigenvalue weighted by Gasteiger charge is -2.06. The Kier molecular flexibility index (Phi) is 2.82. The molecule has 0 saturated heterocycles. The first-order valence-electron chi connectivity index (χ1n) is 3.81.